The number of carbonyl (C=O) groups is 4. The molecule has 4 fully saturated rings. The van der Waals surface area contributed by atoms with E-state index in [1.165, 1.54) is 11.1 Å². The summed E-state index contributed by atoms with van der Waals surface area (Å²) < 4.78 is 34.3. The molecule has 3 aromatic carbocycles. The van der Waals surface area contributed by atoms with Gasteiger partial charge in [-0.25, -0.2) is 0 Å². The van der Waals surface area contributed by atoms with Crippen LogP contribution in [0.15, 0.2) is 84.4 Å². The summed E-state index contributed by atoms with van der Waals surface area (Å²) in [6.07, 6.45) is 7.42. The Morgan fingerprint density at radius 3 is 1.37 bits per heavy atom. The molecule has 79 heavy (non-hydrogen) atoms. The van der Waals surface area contributed by atoms with Gasteiger partial charge in [0.2, 0.25) is 16.6 Å². The SMILES string of the molecule is CC1(C)O[C@@H]2CCC(=O)[C@@H]2O1.[CH2-]Br.[CH2-]Cc1ccc(O)cc1.[CH2-]Cc1ccc(O[Si](C)(C)C(C)(C)C)cc1.[CH2-]Cc1ccc(O[Si](C)(C)C(C)(C)C)cc1.[CH2-][C@@H]1C[C@H]2OC(C)(C)O[C@H]2C1=O.[CH2-][C@H](CC=O)/C(C=O)=C\C.[Y].[Y].[Y]. The molecule has 2 saturated carbocycles. The molecule has 1 N–H and O–H groups in total. The average Bonchev–Trinajstić information content (AvgIpc) is 4.03. The van der Waals surface area contributed by atoms with Crippen LogP contribution in [-0.2, 0) is 156 Å². The Hall–Kier alpha value is -0.455. The Kier molecular flexibility index (Phi) is 40.4. The van der Waals surface area contributed by atoms with E-state index in [1.807, 2.05) is 39.8 Å². The van der Waals surface area contributed by atoms with Gasteiger partial charge in [-0.1, -0.05) is 101 Å². The van der Waals surface area contributed by atoms with Crippen LogP contribution in [0.4, 0.5) is 0 Å². The van der Waals surface area contributed by atoms with E-state index in [2.05, 4.69) is 173 Å². The van der Waals surface area contributed by atoms with Gasteiger partial charge in [0.15, 0.2) is 17.4 Å². The first-order valence-electron chi connectivity index (χ1n) is 26.2. The number of phenols is 1. The molecule has 4 aliphatic rings. The van der Waals surface area contributed by atoms with E-state index in [9.17, 15) is 19.2 Å². The Balaban J connectivity index is -0.000000874. The molecule has 0 amide bonds. The van der Waals surface area contributed by atoms with Crippen molar-refractivity contribution in [2.24, 2.45) is 11.8 Å². The fraction of sp³-hybridized carbons (Fsp3) is 0.516. The number of phenolic OH excluding ortho intramolecular Hbond substituents is 1. The largest absolute Gasteiger partial charge is 0.544 e. The maximum absolute atomic E-state index is 11.4. The van der Waals surface area contributed by atoms with Gasteiger partial charge in [-0.2, -0.15) is 19.3 Å². The minimum Gasteiger partial charge on any atom is -0.544 e. The minimum atomic E-state index is -1.69. The summed E-state index contributed by atoms with van der Waals surface area (Å²) in [7, 11) is -3.38. The van der Waals surface area contributed by atoms with Gasteiger partial charge in [0.25, 0.3) is 0 Å². The average molecular weight is 1420 g/mol. The van der Waals surface area contributed by atoms with Crippen LogP contribution in [0.25, 0.3) is 0 Å². The summed E-state index contributed by atoms with van der Waals surface area (Å²) in [5.41, 5.74) is 4.24. The third kappa shape index (κ3) is 29.0. The van der Waals surface area contributed by atoms with Crippen LogP contribution in [0.5, 0.6) is 17.2 Å². The second-order valence-corrected chi connectivity index (χ2v) is 32.4. The standard InChI is InChI=1S/2C14H23OSi.C9H13O3.C8H12O3.C8H11O2.C8H9O.CH2Br.3Y/c2*1-7-12-8-10-13(11-9-12)15-16(5,6)14(2,3)4;1-5-4-6-8(7(5)10)12-9(2,3)11-6;1-8(2)10-6-4-3-5(9)7(6)11-8;1-3-8(6-10)7(2)4-5-9;1-2-7-3-5-8(9)6-4-7;1-2;;;/h2*8-11H,1,7H2,2-6H3;5-6,8H,1,4H2,2-3H3;6-7H,3-4H2,1-2H3;3,5-7H,2,4H2,1H3;3-6,9H,1-2H2;1H2;;;/q3*-1;;3*-1;;;/b;;;;8-3-;;;;;/t;;5-,6-,8-;6-,7+;7-;;;;;/m..111...../s1. The number of benzene rings is 3. The molecular weight excluding hydrogens is 1320 g/mol. The molecule has 6 atom stereocenters. The molecule has 437 valence electrons. The number of aldehydes is 2. The topological polar surface area (TPSA) is 144 Å². The normalized spacial score (nSPS) is 20.6. The summed E-state index contributed by atoms with van der Waals surface area (Å²) in [6.45, 7) is 50.5. The molecule has 11 nitrogen and oxygen atoms in total. The Morgan fingerprint density at radius 2 is 1.05 bits per heavy atom. The Labute approximate surface area is 564 Å². The quantitative estimate of drug-likeness (QED) is 0.0848. The van der Waals surface area contributed by atoms with Crippen LogP contribution >= 0.6 is 15.9 Å². The number of fused-ring (bicyclic) bond motifs is 2. The van der Waals surface area contributed by atoms with E-state index in [4.69, 9.17) is 32.9 Å². The first-order chi connectivity index (χ1) is 35.2. The summed E-state index contributed by atoms with van der Waals surface area (Å²) in [5.74, 6) is 4.17. The first kappa shape index (κ1) is 82.8. The molecule has 0 unspecified atom stereocenters. The van der Waals surface area contributed by atoms with Crippen LogP contribution in [0, 0.1) is 52.3 Å². The van der Waals surface area contributed by atoms with Gasteiger partial charge in [-0.15, -0.1) is 11.8 Å². The van der Waals surface area contributed by atoms with E-state index < -0.39 is 28.2 Å². The zero-order valence-electron chi connectivity index (χ0n) is 50.5. The van der Waals surface area contributed by atoms with Crippen LogP contribution in [0.1, 0.15) is 119 Å². The number of ketones is 2. The van der Waals surface area contributed by atoms with Crippen molar-refractivity contribution < 1.29 is 150 Å². The first-order valence-corrected chi connectivity index (χ1v) is 33.1. The molecule has 2 heterocycles. The monoisotopic (exact) mass is 1420 g/mol. The number of halogens is 1. The fourth-order valence-electron chi connectivity index (χ4n) is 7.28. The van der Waals surface area contributed by atoms with E-state index in [0.717, 1.165) is 55.3 Å². The molecule has 0 bridgehead atoms. The number of hydrogen-bond acceptors (Lipinski definition) is 11. The second-order valence-electron chi connectivity index (χ2n) is 23.0. The van der Waals surface area contributed by atoms with Crippen molar-refractivity contribution in [3.05, 3.63) is 142 Å². The minimum absolute atomic E-state index is 0. The van der Waals surface area contributed by atoms with Gasteiger partial charge in [0.1, 0.15) is 47.8 Å². The molecule has 3 aromatic rings. The van der Waals surface area contributed by atoms with E-state index >= 15 is 0 Å². The molecule has 2 aliphatic heterocycles. The van der Waals surface area contributed by atoms with Gasteiger partial charge < -0.3 is 88.2 Å². The van der Waals surface area contributed by atoms with Gasteiger partial charge >= 0.3 is 0 Å². The number of hydrogen-bond donors (Lipinski definition) is 1. The maximum Gasteiger partial charge on any atom is 0.250 e. The predicted molar refractivity (Wildman–Crippen MR) is 318 cm³/mol. The van der Waals surface area contributed by atoms with Gasteiger partial charge in [-0.3, -0.25) is 20.2 Å². The molecule has 0 spiro atoms. The third-order valence-electron chi connectivity index (χ3n) is 13.9. The van der Waals surface area contributed by atoms with E-state index in [1.54, 1.807) is 25.1 Å². The van der Waals surface area contributed by atoms with Gasteiger partial charge in [-0.05, 0) is 132 Å². The van der Waals surface area contributed by atoms with Crippen molar-refractivity contribution in [3.63, 3.8) is 0 Å². The van der Waals surface area contributed by atoms with Gasteiger partial charge in [0, 0.05) is 105 Å². The molecule has 3 radical (unpaired) electrons. The van der Waals surface area contributed by atoms with Crippen molar-refractivity contribution in [3.8, 4) is 17.2 Å². The van der Waals surface area contributed by atoms with Crippen LogP contribution in [0.2, 0.25) is 36.3 Å². The number of carbonyl (C=O) groups excluding carboxylic acids is 4. The molecule has 7 rings (SSSR count). The third-order valence-corrected chi connectivity index (χ3v) is 22.6. The Morgan fingerprint density at radius 1 is 0.684 bits per heavy atom. The van der Waals surface area contributed by atoms with Crippen molar-refractivity contribution in [2.75, 3.05) is 0 Å². The predicted octanol–water partition coefficient (Wildman–Crippen LogP) is 14.8. The number of ether oxygens (including phenoxy) is 4. The summed E-state index contributed by atoms with van der Waals surface area (Å²) in [6, 6.07) is 23.7. The molecule has 0 aromatic heterocycles. The Bertz CT molecular complexity index is 2170. The number of aromatic hydroxyl groups is 1. The zero-order chi connectivity index (χ0) is 58.5. The summed E-state index contributed by atoms with van der Waals surface area (Å²) >= 11 is 2.69. The number of Topliss-reactive ketones (excluding diaryl/α,β-unsaturated/α-hetero) is 2. The molecular formula is C62H93BrO11Si2Y3-6. The van der Waals surface area contributed by atoms with Crippen molar-refractivity contribution in [1.82, 2.24) is 0 Å². The van der Waals surface area contributed by atoms with Crippen LogP contribution in [-0.4, -0.2) is 81.9 Å². The summed E-state index contributed by atoms with van der Waals surface area (Å²) in [5, 5.41) is 9.33. The summed E-state index contributed by atoms with van der Waals surface area (Å²) in [4.78, 5) is 42.7. The van der Waals surface area contributed by atoms with Crippen molar-refractivity contribution in [1.29, 1.82) is 0 Å². The second kappa shape index (κ2) is 38.6. The van der Waals surface area contributed by atoms with E-state index in [0.29, 0.717) is 30.6 Å². The zero-order valence-corrected chi connectivity index (χ0v) is 62.6. The smallest absolute Gasteiger partial charge is 0.250 e. The number of allylic oxidation sites excluding steroid dienone is 2. The van der Waals surface area contributed by atoms with Gasteiger partial charge in [0.05, 0.1) is 12.2 Å². The number of rotatable bonds is 11. The molecule has 2 saturated heterocycles. The molecule has 2 aliphatic carbocycles. The maximum atomic E-state index is 11.4. The van der Waals surface area contributed by atoms with E-state index in [-0.39, 0.29) is 156 Å². The molecule has 17 heteroatoms. The van der Waals surface area contributed by atoms with Crippen molar-refractivity contribution in [2.45, 2.75) is 193 Å². The van der Waals surface area contributed by atoms with Crippen molar-refractivity contribution >= 4 is 56.7 Å². The van der Waals surface area contributed by atoms with Crippen LogP contribution < -0.4 is 8.85 Å². The fourth-order valence-corrected chi connectivity index (χ4v) is 9.35. The van der Waals surface area contributed by atoms with Crippen LogP contribution in [0.3, 0.4) is 0 Å².